The quantitative estimate of drug-likeness (QED) is 0.392. The van der Waals surface area contributed by atoms with Crippen LogP contribution in [0.5, 0.6) is 0 Å². The standard InChI is InChI=1S/C16H23N5O7S/c1-16(2)6-12(20-8-13(16)21(15(20)23)28-29(24,25)26)14(22)19-27-9-11(17)10-4-3-5-18-7-10/h3-5,7,11-13H,6,8-9,17H2,1-2H3,(H,19,22)(H,24,25,26). The molecule has 2 saturated heterocycles. The van der Waals surface area contributed by atoms with Crippen LogP contribution in [0.15, 0.2) is 24.5 Å². The lowest BCUT2D eigenvalue weighted by atomic mass is 9.76. The van der Waals surface area contributed by atoms with E-state index in [2.05, 4.69) is 14.7 Å². The van der Waals surface area contributed by atoms with Crippen LogP contribution in [-0.2, 0) is 24.3 Å². The van der Waals surface area contributed by atoms with Crippen LogP contribution in [0.1, 0.15) is 31.9 Å². The number of urea groups is 1. The van der Waals surface area contributed by atoms with E-state index in [4.69, 9.17) is 15.1 Å². The Balaban J connectivity index is 1.63. The number of carbonyl (C=O) groups excluding carboxylic acids is 2. The molecule has 0 aliphatic carbocycles. The van der Waals surface area contributed by atoms with Crippen molar-refractivity contribution in [3.63, 3.8) is 0 Å². The molecule has 12 nitrogen and oxygen atoms in total. The van der Waals surface area contributed by atoms with Gasteiger partial charge in [0, 0.05) is 18.9 Å². The van der Waals surface area contributed by atoms with E-state index in [1.165, 1.54) is 4.90 Å². The van der Waals surface area contributed by atoms with E-state index < -0.39 is 45.9 Å². The fourth-order valence-electron chi connectivity index (χ4n) is 3.55. The number of hydroxylamine groups is 3. The third-order valence-electron chi connectivity index (χ3n) is 5.11. The normalized spacial score (nSPS) is 24.5. The highest BCUT2D eigenvalue weighted by Crippen LogP contribution is 2.42. The summed E-state index contributed by atoms with van der Waals surface area (Å²) in [5, 5.41) is 0.599. The zero-order valence-electron chi connectivity index (χ0n) is 15.9. The second-order valence-corrected chi connectivity index (χ2v) is 8.66. The Morgan fingerprint density at radius 2 is 2.24 bits per heavy atom. The van der Waals surface area contributed by atoms with Crippen LogP contribution in [0, 0.1) is 5.41 Å². The Labute approximate surface area is 167 Å². The zero-order valence-corrected chi connectivity index (χ0v) is 16.7. The molecular formula is C16H23N5O7S. The van der Waals surface area contributed by atoms with E-state index in [1.54, 1.807) is 38.4 Å². The fraction of sp³-hybridized carbons (Fsp3) is 0.562. The van der Waals surface area contributed by atoms with Crippen molar-refractivity contribution < 1.29 is 31.7 Å². The highest BCUT2D eigenvalue weighted by molar-refractivity contribution is 7.80. The SMILES string of the molecule is CC1(C)CC(C(=O)NOCC(N)c2cccnc2)N2CC1N(OS(=O)(=O)O)C2=O. The maximum absolute atomic E-state index is 12.6. The van der Waals surface area contributed by atoms with E-state index in [-0.39, 0.29) is 19.6 Å². The molecule has 1 aromatic rings. The topological polar surface area (TPSA) is 164 Å². The van der Waals surface area contributed by atoms with Crippen molar-refractivity contribution >= 4 is 22.3 Å². The lowest BCUT2D eigenvalue weighted by Gasteiger charge is -2.40. The van der Waals surface area contributed by atoms with E-state index in [9.17, 15) is 18.0 Å². The molecular weight excluding hydrogens is 406 g/mol. The first kappa shape index (κ1) is 21.4. The number of nitrogens with zero attached hydrogens (tertiary/aromatic N) is 3. The minimum absolute atomic E-state index is 0.0118. The third kappa shape index (κ3) is 4.64. The Hall–Kier alpha value is -2.32. The number of amides is 3. The Kier molecular flexibility index (Phi) is 5.78. The predicted octanol–water partition coefficient (Wildman–Crippen LogP) is -0.232. The molecule has 4 N–H and O–H groups in total. The highest BCUT2D eigenvalue weighted by atomic mass is 32.3. The summed E-state index contributed by atoms with van der Waals surface area (Å²) < 4.78 is 35.5. The summed E-state index contributed by atoms with van der Waals surface area (Å²) in [6.45, 7) is 3.59. The predicted molar refractivity (Wildman–Crippen MR) is 97.8 cm³/mol. The number of fused-ring (bicyclic) bond motifs is 2. The third-order valence-corrected chi connectivity index (χ3v) is 5.46. The van der Waals surface area contributed by atoms with Gasteiger partial charge in [0.05, 0.1) is 18.7 Å². The minimum Gasteiger partial charge on any atom is -0.322 e. The summed E-state index contributed by atoms with van der Waals surface area (Å²) >= 11 is 0. The Morgan fingerprint density at radius 1 is 1.52 bits per heavy atom. The van der Waals surface area contributed by atoms with Crippen molar-refractivity contribution in [1.82, 2.24) is 20.4 Å². The van der Waals surface area contributed by atoms with Crippen molar-refractivity contribution in [3.05, 3.63) is 30.1 Å². The van der Waals surface area contributed by atoms with Gasteiger partial charge in [0.2, 0.25) is 0 Å². The number of carbonyl (C=O) groups is 2. The van der Waals surface area contributed by atoms with Gasteiger partial charge in [-0.25, -0.2) is 10.3 Å². The monoisotopic (exact) mass is 429 g/mol. The van der Waals surface area contributed by atoms with Gasteiger partial charge in [0.1, 0.15) is 6.04 Å². The maximum Gasteiger partial charge on any atom is 0.418 e. The highest BCUT2D eigenvalue weighted by Gasteiger charge is 2.56. The summed E-state index contributed by atoms with van der Waals surface area (Å²) in [5.74, 6) is -0.572. The van der Waals surface area contributed by atoms with Crippen molar-refractivity contribution in [3.8, 4) is 0 Å². The van der Waals surface area contributed by atoms with Gasteiger partial charge in [-0.2, -0.15) is 13.5 Å². The molecule has 0 spiro atoms. The van der Waals surface area contributed by atoms with E-state index in [0.717, 1.165) is 5.56 Å². The van der Waals surface area contributed by atoms with Crippen molar-refractivity contribution in [1.29, 1.82) is 0 Å². The van der Waals surface area contributed by atoms with Crippen LogP contribution in [-0.4, -0.2) is 65.1 Å². The number of nitrogens with two attached hydrogens (primary N) is 1. The van der Waals surface area contributed by atoms with Gasteiger partial charge in [0.15, 0.2) is 0 Å². The fourth-order valence-corrected chi connectivity index (χ4v) is 3.92. The van der Waals surface area contributed by atoms with Crippen LogP contribution < -0.4 is 11.2 Å². The van der Waals surface area contributed by atoms with Crippen molar-refractivity contribution in [2.75, 3.05) is 13.2 Å². The maximum atomic E-state index is 12.6. The molecule has 3 rings (SSSR count). The van der Waals surface area contributed by atoms with Gasteiger partial charge in [0.25, 0.3) is 5.91 Å². The molecule has 3 unspecified atom stereocenters. The Bertz CT molecular complexity index is 879. The summed E-state index contributed by atoms with van der Waals surface area (Å²) in [4.78, 5) is 35.5. The second kappa shape index (κ2) is 7.84. The van der Waals surface area contributed by atoms with Gasteiger partial charge in [-0.1, -0.05) is 19.9 Å². The van der Waals surface area contributed by atoms with Crippen LogP contribution in [0.25, 0.3) is 0 Å². The molecule has 3 amide bonds. The molecule has 2 fully saturated rings. The first-order valence-electron chi connectivity index (χ1n) is 8.83. The second-order valence-electron chi connectivity index (χ2n) is 7.66. The van der Waals surface area contributed by atoms with Crippen LogP contribution in [0.2, 0.25) is 0 Å². The van der Waals surface area contributed by atoms with E-state index in [1.807, 2.05) is 0 Å². The van der Waals surface area contributed by atoms with Crippen molar-refractivity contribution in [2.45, 2.75) is 38.4 Å². The van der Waals surface area contributed by atoms with Crippen LogP contribution in [0.4, 0.5) is 4.79 Å². The summed E-state index contributed by atoms with van der Waals surface area (Å²) in [6.07, 6.45) is 3.43. The van der Waals surface area contributed by atoms with Crippen LogP contribution in [0.3, 0.4) is 0 Å². The first-order chi connectivity index (χ1) is 13.5. The van der Waals surface area contributed by atoms with Gasteiger partial charge < -0.3 is 10.6 Å². The van der Waals surface area contributed by atoms with Gasteiger partial charge in [-0.15, -0.1) is 4.28 Å². The smallest absolute Gasteiger partial charge is 0.322 e. The number of aromatic nitrogens is 1. The molecule has 13 heteroatoms. The molecule has 2 aliphatic rings. The molecule has 0 radical (unpaired) electrons. The average molecular weight is 429 g/mol. The molecule has 0 aromatic carbocycles. The lowest BCUT2D eigenvalue weighted by molar-refractivity contribution is -0.141. The zero-order chi connectivity index (χ0) is 21.4. The van der Waals surface area contributed by atoms with E-state index in [0.29, 0.717) is 5.06 Å². The number of piperidine rings is 1. The van der Waals surface area contributed by atoms with Gasteiger partial charge in [-0.3, -0.25) is 19.2 Å². The molecule has 3 heterocycles. The number of hydrogen-bond acceptors (Lipinski definition) is 8. The lowest BCUT2D eigenvalue weighted by Crippen LogP contribution is -2.54. The number of pyridine rings is 1. The van der Waals surface area contributed by atoms with Gasteiger partial charge >= 0.3 is 16.4 Å². The molecule has 2 bridgehead atoms. The molecule has 0 saturated carbocycles. The molecule has 3 atom stereocenters. The largest absolute Gasteiger partial charge is 0.418 e. The average Bonchev–Trinajstić information content (AvgIpc) is 2.92. The number of rotatable bonds is 7. The molecule has 160 valence electrons. The summed E-state index contributed by atoms with van der Waals surface area (Å²) in [7, 11) is -4.88. The molecule has 1 aromatic heterocycles. The van der Waals surface area contributed by atoms with E-state index >= 15 is 0 Å². The Morgan fingerprint density at radius 3 is 2.86 bits per heavy atom. The molecule has 29 heavy (non-hydrogen) atoms. The van der Waals surface area contributed by atoms with Crippen molar-refractivity contribution in [2.24, 2.45) is 11.1 Å². The summed E-state index contributed by atoms with van der Waals surface area (Å²) in [6, 6.07) is 0.612. The first-order valence-corrected chi connectivity index (χ1v) is 10.2. The minimum atomic E-state index is -4.88. The number of nitrogens with one attached hydrogen (secondary N) is 1. The van der Waals surface area contributed by atoms with Gasteiger partial charge in [-0.05, 0) is 23.5 Å². The summed E-state index contributed by atoms with van der Waals surface area (Å²) in [5.41, 5.74) is 8.34. The molecule has 2 aliphatic heterocycles. The van der Waals surface area contributed by atoms with Crippen LogP contribution >= 0.6 is 0 Å². The number of hydrogen-bond donors (Lipinski definition) is 3.